The van der Waals surface area contributed by atoms with Crippen molar-refractivity contribution in [1.82, 2.24) is 5.32 Å². The third kappa shape index (κ3) is 5.60. The summed E-state index contributed by atoms with van der Waals surface area (Å²) in [7, 11) is 0. The van der Waals surface area contributed by atoms with Gasteiger partial charge in [0, 0.05) is 18.2 Å². The molecule has 0 aromatic heterocycles. The number of anilines is 1. The van der Waals surface area contributed by atoms with Crippen LogP contribution >= 0.6 is 0 Å². The number of nitrogens with one attached hydrogen (secondary N) is 1. The van der Waals surface area contributed by atoms with Gasteiger partial charge in [0.25, 0.3) is 0 Å². The predicted octanol–water partition coefficient (Wildman–Crippen LogP) is 5.12. The Labute approximate surface area is 185 Å². The molecule has 0 fully saturated rings. The Morgan fingerprint density at radius 1 is 1.16 bits per heavy atom. The molecule has 2 aromatic carbocycles. The number of halogens is 3. The van der Waals surface area contributed by atoms with Gasteiger partial charge in [-0.05, 0) is 57.4 Å². The van der Waals surface area contributed by atoms with E-state index in [1.807, 2.05) is 30.3 Å². The van der Waals surface area contributed by atoms with Crippen molar-refractivity contribution in [2.24, 2.45) is 0 Å². The van der Waals surface area contributed by atoms with Crippen LogP contribution in [0.4, 0.5) is 23.7 Å². The Morgan fingerprint density at radius 2 is 1.81 bits per heavy atom. The number of carbonyl (C=O) groups excluding carboxylic acids is 2. The molecule has 0 bridgehead atoms. The lowest BCUT2D eigenvalue weighted by molar-refractivity contribution is -0.137. The van der Waals surface area contributed by atoms with E-state index in [1.54, 1.807) is 27.7 Å². The SMILES string of the molecule is C[C@@H](Cc1ccccc1)N1C(=O)C(NC(=O)OC(C)(C)C)Cc2ccc(C(F)(F)F)cc21. The van der Waals surface area contributed by atoms with Crippen LogP contribution < -0.4 is 10.2 Å². The zero-order chi connectivity index (χ0) is 23.7. The molecule has 1 heterocycles. The fourth-order valence-corrected chi connectivity index (χ4v) is 3.79. The van der Waals surface area contributed by atoms with Crippen LogP contribution in [0.5, 0.6) is 0 Å². The number of amides is 2. The van der Waals surface area contributed by atoms with Gasteiger partial charge in [0.1, 0.15) is 11.6 Å². The first-order valence-corrected chi connectivity index (χ1v) is 10.4. The lowest BCUT2D eigenvalue weighted by atomic mass is 9.93. The Bertz CT molecular complexity index is 984. The zero-order valence-electron chi connectivity index (χ0n) is 18.5. The van der Waals surface area contributed by atoms with Crippen molar-refractivity contribution < 1.29 is 27.5 Å². The lowest BCUT2D eigenvalue weighted by Gasteiger charge is -2.39. The quantitative estimate of drug-likeness (QED) is 0.707. The molecule has 3 rings (SSSR count). The van der Waals surface area contributed by atoms with Crippen molar-refractivity contribution in [2.45, 2.75) is 64.4 Å². The molecule has 0 spiro atoms. The second kappa shape index (κ2) is 8.84. The normalized spacial score (nSPS) is 17.5. The largest absolute Gasteiger partial charge is 0.444 e. The molecule has 2 aromatic rings. The molecule has 32 heavy (non-hydrogen) atoms. The van der Waals surface area contributed by atoms with Crippen LogP contribution in [0, 0.1) is 0 Å². The van der Waals surface area contributed by atoms with Gasteiger partial charge in [0.15, 0.2) is 0 Å². The van der Waals surface area contributed by atoms with E-state index >= 15 is 0 Å². The van der Waals surface area contributed by atoms with Crippen LogP contribution in [0.3, 0.4) is 0 Å². The smallest absolute Gasteiger partial charge is 0.416 e. The Balaban J connectivity index is 1.95. The number of carbonyl (C=O) groups is 2. The van der Waals surface area contributed by atoms with Gasteiger partial charge in [-0.25, -0.2) is 4.79 Å². The molecule has 0 radical (unpaired) electrons. The Kier molecular flexibility index (Phi) is 6.53. The molecule has 1 aliphatic heterocycles. The fourth-order valence-electron chi connectivity index (χ4n) is 3.79. The molecule has 0 saturated carbocycles. The molecular formula is C24H27F3N2O3. The van der Waals surface area contributed by atoms with Crippen molar-refractivity contribution in [2.75, 3.05) is 4.90 Å². The number of hydrogen-bond donors (Lipinski definition) is 1. The maximum absolute atomic E-state index is 13.4. The summed E-state index contributed by atoms with van der Waals surface area (Å²) in [5.41, 5.74) is 0.152. The number of benzene rings is 2. The number of rotatable bonds is 4. The summed E-state index contributed by atoms with van der Waals surface area (Å²) in [4.78, 5) is 27.0. The van der Waals surface area contributed by atoms with Gasteiger partial charge in [-0.1, -0.05) is 36.4 Å². The monoisotopic (exact) mass is 448 g/mol. The third-order valence-corrected chi connectivity index (χ3v) is 5.14. The van der Waals surface area contributed by atoms with E-state index in [1.165, 1.54) is 11.0 Å². The van der Waals surface area contributed by atoms with Gasteiger partial charge in [-0.2, -0.15) is 13.2 Å². The van der Waals surface area contributed by atoms with Crippen LogP contribution in [0.2, 0.25) is 0 Å². The van der Waals surface area contributed by atoms with Gasteiger partial charge >= 0.3 is 12.3 Å². The number of alkyl halides is 3. The van der Waals surface area contributed by atoms with Gasteiger partial charge < -0.3 is 15.0 Å². The molecule has 5 nitrogen and oxygen atoms in total. The van der Waals surface area contributed by atoms with E-state index in [4.69, 9.17) is 4.74 Å². The minimum absolute atomic E-state index is 0.0834. The van der Waals surface area contributed by atoms with Crippen molar-refractivity contribution in [3.05, 3.63) is 65.2 Å². The summed E-state index contributed by atoms with van der Waals surface area (Å²) < 4.78 is 45.3. The summed E-state index contributed by atoms with van der Waals surface area (Å²) in [6, 6.07) is 11.4. The Hall–Kier alpha value is -3.03. The zero-order valence-corrected chi connectivity index (χ0v) is 18.5. The summed E-state index contributed by atoms with van der Waals surface area (Å²) >= 11 is 0. The van der Waals surface area contributed by atoms with E-state index in [9.17, 15) is 22.8 Å². The molecule has 172 valence electrons. The summed E-state index contributed by atoms with van der Waals surface area (Å²) in [6.07, 6.45) is -4.75. The molecule has 0 saturated heterocycles. The number of hydrogen-bond acceptors (Lipinski definition) is 3. The van der Waals surface area contributed by atoms with Crippen molar-refractivity contribution >= 4 is 17.7 Å². The van der Waals surface area contributed by atoms with E-state index in [0.717, 1.165) is 17.7 Å². The molecule has 1 N–H and O–H groups in total. The number of ether oxygens (including phenoxy) is 1. The van der Waals surface area contributed by atoms with Crippen molar-refractivity contribution in [1.29, 1.82) is 0 Å². The highest BCUT2D eigenvalue weighted by Gasteiger charge is 2.39. The second-order valence-electron chi connectivity index (χ2n) is 8.99. The highest BCUT2D eigenvalue weighted by molar-refractivity contribution is 6.02. The van der Waals surface area contributed by atoms with Gasteiger partial charge in [-0.3, -0.25) is 4.79 Å². The average Bonchev–Trinajstić information content (AvgIpc) is 2.66. The third-order valence-electron chi connectivity index (χ3n) is 5.14. The standard InChI is InChI=1S/C24H27F3N2O3/c1-15(12-16-8-6-5-7-9-16)29-20-14-18(24(25,26)27)11-10-17(20)13-19(21(29)30)28-22(31)32-23(2,3)4/h5-11,14-15,19H,12-13H2,1-4H3,(H,28,31)/t15-,19?/m0/s1. The van der Waals surface area contributed by atoms with Crippen LogP contribution in [-0.4, -0.2) is 29.7 Å². The molecule has 2 amide bonds. The van der Waals surface area contributed by atoms with Crippen molar-refractivity contribution in [3.8, 4) is 0 Å². The average molecular weight is 448 g/mol. The first kappa shape index (κ1) is 23.6. The van der Waals surface area contributed by atoms with E-state index in [2.05, 4.69) is 5.32 Å². The molecule has 2 atom stereocenters. The van der Waals surface area contributed by atoms with Crippen LogP contribution in [0.15, 0.2) is 48.5 Å². The van der Waals surface area contributed by atoms with Crippen LogP contribution in [0.1, 0.15) is 44.4 Å². The summed E-state index contributed by atoms with van der Waals surface area (Å²) in [5.74, 6) is -0.467. The van der Waals surface area contributed by atoms with Gasteiger partial charge in [-0.15, -0.1) is 0 Å². The highest BCUT2D eigenvalue weighted by Crippen LogP contribution is 2.37. The molecule has 1 unspecified atom stereocenters. The number of alkyl carbamates (subject to hydrolysis) is 1. The topological polar surface area (TPSA) is 58.6 Å². The fraction of sp³-hybridized carbons (Fsp3) is 0.417. The first-order valence-electron chi connectivity index (χ1n) is 10.4. The maximum atomic E-state index is 13.4. The molecule has 1 aliphatic rings. The maximum Gasteiger partial charge on any atom is 0.416 e. The van der Waals surface area contributed by atoms with Gasteiger partial charge in [0.2, 0.25) is 5.91 Å². The first-order chi connectivity index (χ1) is 14.8. The highest BCUT2D eigenvalue weighted by atomic mass is 19.4. The summed E-state index contributed by atoms with van der Waals surface area (Å²) in [6.45, 7) is 6.90. The number of fused-ring (bicyclic) bond motifs is 1. The minimum atomic E-state index is -4.53. The van der Waals surface area contributed by atoms with E-state index < -0.39 is 41.4 Å². The minimum Gasteiger partial charge on any atom is -0.444 e. The lowest BCUT2D eigenvalue weighted by Crippen LogP contribution is -2.56. The molecule has 8 heteroatoms. The molecular weight excluding hydrogens is 421 g/mol. The van der Waals surface area contributed by atoms with Gasteiger partial charge in [0.05, 0.1) is 5.56 Å². The van der Waals surface area contributed by atoms with Crippen molar-refractivity contribution in [3.63, 3.8) is 0 Å². The Morgan fingerprint density at radius 3 is 2.41 bits per heavy atom. The van der Waals surface area contributed by atoms with E-state index in [-0.39, 0.29) is 12.1 Å². The van der Waals surface area contributed by atoms with E-state index in [0.29, 0.717) is 12.0 Å². The molecule has 0 aliphatic carbocycles. The van der Waals surface area contributed by atoms with Crippen LogP contribution in [-0.2, 0) is 28.5 Å². The predicted molar refractivity (Wildman–Crippen MR) is 115 cm³/mol. The summed E-state index contributed by atoms with van der Waals surface area (Å²) in [5, 5.41) is 2.59. The number of nitrogens with zero attached hydrogens (tertiary/aromatic N) is 1. The second-order valence-corrected chi connectivity index (χ2v) is 8.99. The van der Waals surface area contributed by atoms with Crippen LogP contribution in [0.25, 0.3) is 0 Å².